The molecule has 0 unspecified atom stereocenters. The van der Waals surface area contributed by atoms with Crippen LogP contribution in [0.3, 0.4) is 0 Å². The van der Waals surface area contributed by atoms with Crippen LogP contribution in [0.25, 0.3) is 0 Å². The summed E-state index contributed by atoms with van der Waals surface area (Å²) in [4.78, 5) is 0. The minimum Gasteiger partial charge on any atom is -0.907 e. The van der Waals surface area contributed by atoms with E-state index in [-0.39, 0.29) is 109 Å². The van der Waals surface area contributed by atoms with Crippen molar-refractivity contribution in [2.24, 2.45) is 0 Å². The molecule has 0 saturated heterocycles. The van der Waals surface area contributed by atoms with Gasteiger partial charge in [0.15, 0.2) is 0 Å². The monoisotopic (exact) mass is 1060 g/mol. The molecule has 0 rings (SSSR count). The van der Waals surface area contributed by atoms with Crippen molar-refractivity contribution in [3.63, 3.8) is 0 Å². The molecule has 0 aliphatic heterocycles. The molecule has 0 heterocycles. The Morgan fingerprint density at radius 2 is 0.250 bits per heavy atom. The quantitative estimate of drug-likeness (QED) is 0.205. The van der Waals surface area contributed by atoms with Crippen LogP contribution in [0.1, 0.15) is 0 Å². The van der Waals surface area contributed by atoms with E-state index >= 15 is 0 Å². The second-order valence-electron chi connectivity index (χ2n) is 1.15. The summed E-state index contributed by atoms with van der Waals surface area (Å²) in [5, 5.41) is 101. The van der Waals surface area contributed by atoms with Gasteiger partial charge in [0.2, 0.25) is 0 Å². The summed E-state index contributed by atoms with van der Waals surface area (Å²) in [6, 6.07) is 0. The van der Waals surface area contributed by atoms with Gasteiger partial charge in [-0.3, -0.25) is 29.3 Å². The summed E-state index contributed by atoms with van der Waals surface area (Å²) in [6.07, 6.45) is 0. The largest absolute Gasteiger partial charge is 3.00 e. The Hall–Kier alpha value is 3.47. The van der Waals surface area contributed by atoms with E-state index in [2.05, 4.69) is 0 Å². The van der Waals surface area contributed by atoms with Gasteiger partial charge >= 0.3 is 109 Å². The fraction of sp³-hybridized carbons (Fsp3) is 0. The average Bonchev–Trinajstić information content (AvgIpc) is 1.76. The Labute approximate surface area is 196 Å². The predicted molar refractivity (Wildman–Crippen MR) is 46.0 cm³/mol. The fourth-order valence-corrected chi connectivity index (χ4v) is 0. The van der Waals surface area contributed by atoms with Crippen LogP contribution in [0, 0.1) is 0 Å². The van der Waals surface area contributed by atoms with Crippen LogP contribution >= 0.6 is 0 Å². The number of rotatable bonds is 0. The molecule has 20 heteroatoms. The molecule has 0 atom stereocenters. The zero-order valence-corrected chi connectivity index (χ0v) is 27.5. The van der Waals surface area contributed by atoms with Crippen molar-refractivity contribution >= 4 is 138 Å². The molecule has 0 radical (unpaired) electrons. The minimum atomic E-state index is -2.92. The summed E-state index contributed by atoms with van der Waals surface area (Å²) in [5.74, 6) is 0. The van der Waals surface area contributed by atoms with Gasteiger partial charge in [-0.1, -0.05) is 0 Å². The zero-order chi connectivity index (χ0) is 14.3. The van der Waals surface area contributed by atoms with Gasteiger partial charge in [0.25, 0.3) is 0 Å². The molecule has 0 aromatic heterocycles. The van der Waals surface area contributed by atoms with Gasteiger partial charge in [0.05, 0.1) is 0 Å². The maximum Gasteiger partial charge on any atom is 3.00 e. The van der Waals surface area contributed by atoms with Crippen molar-refractivity contribution in [1.29, 1.82) is 0 Å². The molecule has 0 amide bonds. The first-order valence-corrected chi connectivity index (χ1v) is 2.83. The van der Waals surface area contributed by atoms with Gasteiger partial charge in [0.1, 0.15) is 0 Å². The van der Waals surface area contributed by atoms with E-state index in [4.69, 9.17) is 60.3 Å². The Bertz CT molecular complexity index is 70.4. The van der Waals surface area contributed by atoms with E-state index in [1.807, 2.05) is 0 Å². The van der Waals surface area contributed by atoms with Crippen molar-refractivity contribution in [2.75, 3.05) is 0 Å². The first kappa shape index (κ1) is 49.5. The van der Waals surface area contributed by atoms with E-state index in [9.17, 15) is 0 Å². The Morgan fingerprint density at radius 1 is 0.250 bits per heavy atom. The summed E-state index contributed by atoms with van der Waals surface area (Å²) in [5.41, 5.74) is 0. The van der Waals surface area contributed by atoms with Crippen LogP contribution < -0.4 is 60.3 Å². The average molecular weight is 1050 g/mol. The molecule has 0 spiro atoms. The standard InChI is InChI=1S/4BO3.4Tl/c4*2-1(3)4;;;;/q4*-3;4*+3. The van der Waals surface area contributed by atoms with Crippen LogP contribution in [-0.2, 0) is 0 Å². The minimum absolute atomic E-state index is 0. The van der Waals surface area contributed by atoms with Gasteiger partial charge in [0, 0.05) is 0 Å². The molecule has 20 heavy (non-hydrogen) atoms. The number of hydrogen-bond acceptors (Lipinski definition) is 12. The van der Waals surface area contributed by atoms with Crippen molar-refractivity contribution in [3.05, 3.63) is 0 Å². The van der Waals surface area contributed by atoms with Gasteiger partial charge in [-0.15, -0.1) is 0 Å². The molecular formula is B4O12Tl4. The smallest absolute Gasteiger partial charge is 0.907 e. The normalized spacial score (nSPS) is 5.40. The Morgan fingerprint density at radius 3 is 0.250 bits per heavy atom. The third kappa shape index (κ3) is 748. The van der Waals surface area contributed by atoms with Gasteiger partial charge in [-0.05, 0) is 0 Å². The summed E-state index contributed by atoms with van der Waals surface area (Å²) < 4.78 is 0. The topological polar surface area (TPSA) is 277 Å². The molecule has 0 aromatic carbocycles. The SMILES string of the molecule is [O-]B([O-])[O-].[O-]B([O-])[O-].[O-]B([O-])[O-].[O-]B([O-])[O-].[Tl+3].[Tl+3].[Tl+3].[Tl+3]. The van der Waals surface area contributed by atoms with E-state index in [1.165, 1.54) is 0 Å². The van der Waals surface area contributed by atoms with Gasteiger partial charge in [-0.2, -0.15) is 0 Å². The second kappa shape index (κ2) is 43.3. The maximum absolute atomic E-state index is 8.42. The molecule has 0 N–H and O–H groups in total. The van der Waals surface area contributed by atoms with Crippen LogP contribution in [0.2, 0.25) is 0 Å². The predicted octanol–water partition coefficient (Wildman–Crippen LogP) is -17.3. The molecule has 0 aliphatic carbocycles. The molecule has 0 aromatic rings. The summed E-state index contributed by atoms with van der Waals surface area (Å²) in [6.45, 7) is 0. The third-order valence-electron chi connectivity index (χ3n) is 0. The molecule has 0 fully saturated rings. The molecule has 96 valence electrons. The van der Waals surface area contributed by atoms with Gasteiger partial charge < -0.3 is 60.3 Å². The molecular weight excluding hydrogens is 1050 g/mol. The zero-order valence-electron chi connectivity index (χ0n) is 9.52. The molecule has 12 nitrogen and oxygen atoms in total. The van der Waals surface area contributed by atoms with E-state index in [0.29, 0.717) is 0 Å². The van der Waals surface area contributed by atoms with Crippen molar-refractivity contribution < 1.29 is 60.3 Å². The van der Waals surface area contributed by atoms with Gasteiger partial charge in [-0.25, -0.2) is 0 Å². The Balaban J connectivity index is -0.0000000150. The third-order valence-corrected chi connectivity index (χ3v) is 0. The van der Waals surface area contributed by atoms with Crippen molar-refractivity contribution in [3.8, 4) is 0 Å². The van der Waals surface area contributed by atoms with E-state index in [0.717, 1.165) is 0 Å². The van der Waals surface area contributed by atoms with Crippen LogP contribution in [0.5, 0.6) is 0 Å². The van der Waals surface area contributed by atoms with Crippen molar-refractivity contribution in [2.45, 2.75) is 0 Å². The van der Waals surface area contributed by atoms with Crippen molar-refractivity contribution in [1.82, 2.24) is 0 Å². The molecule has 0 saturated carbocycles. The molecule has 0 bridgehead atoms. The van der Waals surface area contributed by atoms with E-state index < -0.39 is 29.3 Å². The van der Waals surface area contributed by atoms with E-state index in [1.54, 1.807) is 0 Å². The summed E-state index contributed by atoms with van der Waals surface area (Å²) in [7, 11) is -11.7. The fourth-order valence-electron chi connectivity index (χ4n) is 0. The van der Waals surface area contributed by atoms with Crippen LogP contribution in [-0.4, -0.2) is 138 Å². The van der Waals surface area contributed by atoms with Crippen LogP contribution in [0.15, 0.2) is 0 Å². The van der Waals surface area contributed by atoms with Crippen LogP contribution in [0.4, 0.5) is 0 Å². The maximum atomic E-state index is 8.42. The first-order valence-electron chi connectivity index (χ1n) is 2.83. The second-order valence-corrected chi connectivity index (χ2v) is 1.15. The summed E-state index contributed by atoms with van der Waals surface area (Å²) >= 11 is 0. The Kier molecular flexibility index (Phi) is 107. The first-order chi connectivity index (χ1) is 6.93. The number of hydrogen-bond donors (Lipinski definition) is 0. The molecule has 0 aliphatic rings.